The minimum atomic E-state index is -0.146. The van der Waals surface area contributed by atoms with E-state index in [0.717, 1.165) is 38.9 Å². The predicted molar refractivity (Wildman–Crippen MR) is 130 cm³/mol. The quantitative estimate of drug-likeness (QED) is 0.565. The number of hydrogen-bond acceptors (Lipinski definition) is 3. The molecule has 0 aliphatic carbocycles. The number of piperidine rings is 1. The maximum atomic E-state index is 12.9. The molecule has 0 saturated carbocycles. The lowest BCUT2D eigenvalue weighted by Crippen LogP contribution is -2.38. The van der Waals surface area contributed by atoms with Crippen LogP contribution in [0.2, 0.25) is 0 Å². The molecule has 0 aromatic heterocycles. The molecular formula is C27H31N3O2. The minimum absolute atomic E-state index is 0.00514. The van der Waals surface area contributed by atoms with Gasteiger partial charge in [-0.3, -0.25) is 14.5 Å². The number of anilines is 1. The van der Waals surface area contributed by atoms with Gasteiger partial charge in [0.05, 0.1) is 11.3 Å². The third kappa shape index (κ3) is 5.17. The molecule has 32 heavy (non-hydrogen) atoms. The Balaban J connectivity index is 1.35. The van der Waals surface area contributed by atoms with Crippen molar-refractivity contribution in [2.75, 3.05) is 25.0 Å². The number of rotatable bonds is 7. The number of hydrogen-bond donors (Lipinski definition) is 2. The number of para-hydroxylation sites is 1. The number of nitrogens with zero attached hydrogens (tertiary/aromatic N) is 1. The highest BCUT2D eigenvalue weighted by Crippen LogP contribution is 2.25. The van der Waals surface area contributed by atoms with Crippen LogP contribution in [0, 0.1) is 5.92 Å². The summed E-state index contributed by atoms with van der Waals surface area (Å²) in [6.07, 6.45) is 2.51. The molecule has 1 aliphatic heterocycles. The SMILES string of the molecule is CCCNC(=O)c1ccccc1NC(=O)C1CCN(Cc2cccc3ccccc23)CC1. The fourth-order valence-corrected chi connectivity index (χ4v) is 4.38. The summed E-state index contributed by atoms with van der Waals surface area (Å²) in [5, 5.41) is 8.46. The lowest BCUT2D eigenvalue weighted by Gasteiger charge is -2.31. The maximum absolute atomic E-state index is 12.9. The molecule has 0 unspecified atom stereocenters. The molecular weight excluding hydrogens is 398 g/mol. The number of fused-ring (bicyclic) bond motifs is 1. The summed E-state index contributed by atoms with van der Waals surface area (Å²) in [4.78, 5) is 27.8. The first-order valence-electron chi connectivity index (χ1n) is 11.5. The Morgan fingerprint density at radius 3 is 2.47 bits per heavy atom. The van der Waals surface area contributed by atoms with E-state index in [1.165, 1.54) is 16.3 Å². The lowest BCUT2D eigenvalue weighted by molar-refractivity contribution is -0.121. The Kier molecular flexibility index (Phi) is 7.17. The Labute approximate surface area is 189 Å². The Morgan fingerprint density at radius 1 is 0.938 bits per heavy atom. The second-order valence-electron chi connectivity index (χ2n) is 8.48. The molecule has 5 heteroatoms. The first-order valence-corrected chi connectivity index (χ1v) is 11.5. The van der Waals surface area contributed by atoms with Gasteiger partial charge in [-0.25, -0.2) is 0 Å². The van der Waals surface area contributed by atoms with Crippen LogP contribution in [0.3, 0.4) is 0 Å². The van der Waals surface area contributed by atoms with Gasteiger partial charge in [0.25, 0.3) is 5.91 Å². The first-order chi connectivity index (χ1) is 15.7. The van der Waals surface area contributed by atoms with Gasteiger partial charge in [0, 0.05) is 19.0 Å². The molecule has 2 amide bonds. The summed E-state index contributed by atoms with van der Waals surface area (Å²) < 4.78 is 0. The van der Waals surface area contributed by atoms with E-state index in [0.29, 0.717) is 17.8 Å². The van der Waals surface area contributed by atoms with Gasteiger partial charge < -0.3 is 10.6 Å². The zero-order valence-electron chi connectivity index (χ0n) is 18.6. The van der Waals surface area contributed by atoms with Gasteiger partial charge in [-0.05, 0) is 60.8 Å². The Hall–Kier alpha value is -3.18. The normalized spacial score (nSPS) is 14.9. The van der Waals surface area contributed by atoms with Crippen molar-refractivity contribution < 1.29 is 9.59 Å². The number of carbonyl (C=O) groups excluding carboxylic acids is 2. The van der Waals surface area contributed by atoms with E-state index in [1.807, 2.05) is 19.1 Å². The Bertz CT molecular complexity index is 1080. The van der Waals surface area contributed by atoms with Crippen LogP contribution in [-0.4, -0.2) is 36.3 Å². The minimum Gasteiger partial charge on any atom is -0.352 e. The van der Waals surface area contributed by atoms with Crippen molar-refractivity contribution in [3.8, 4) is 0 Å². The summed E-state index contributed by atoms with van der Waals surface area (Å²) in [5.41, 5.74) is 2.44. The van der Waals surface area contributed by atoms with Gasteiger partial charge in [-0.2, -0.15) is 0 Å². The molecule has 3 aromatic carbocycles. The van der Waals surface area contributed by atoms with Crippen molar-refractivity contribution in [2.45, 2.75) is 32.7 Å². The highest BCUT2D eigenvalue weighted by Gasteiger charge is 2.26. The van der Waals surface area contributed by atoms with Crippen LogP contribution in [-0.2, 0) is 11.3 Å². The standard InChI is InChI=1S/C27H31N3O2/c1-2-16-28-27(32)24-12-5-6-13-25(24)29-26(31)21-14-17-30(18-15-21)19-22-10-7-9-20-8-3-4-11-23(20)22/h3-13,21H,2,14-19H2,1H3,(H,28,32)(H,29,31). The largest absolute Gasteiger partial charge is 0.352 e. The fraction of sp³-hybridized carbons (Fsp3) is 0.333. The molecule has 1 saturated heterocycles. The van der Waals surface area contributed by atoms with Crippen LogP contribution in [0.4, 0.5) is 5.69 Å². The number of amides is 2. The highest BCUT2D eigenvalue weighted by molar-refractivity contribution is 6.04. The third-order valence-electron chi connectivity index (χ3n) is 6.20. The van der Waals surface area contributed by atoms with Crippen molar-refractivity contribution in [3.05, 3.63) is 77.9 Å². The molecule has 0 spiro atoms. The van der Waals surface area contributed by atoms with Gasteiger partial charge in [0.2, 0.25) is 5.91 Å². The number of carbonyl (C=O) groups is 2. The van der Waals surface area contributed by atoms with Crippen molar-refractivity contribution >= 4 is 28.3 Å². The van der Waals surface area contributed by atoms with Crippen LogP contribution >= 0.6 is 0 Å². The van der Waals surface area contributed by atoms with E-state index in [1.54, 1.807) is 12.1 Å². The monoisotopic (exact) mass is 429 g/mol. The number of benzene rings is 3. The predicted octanol–water partition coefficient (Wildman–Crippen LogP) is 4.83. The molecule has 3 aromatic rings. The van der Waals surface area contributed by atoms with Crippen molar-refractivity contribution in [3.63, 3.8) is 0 Å². The van der Waals surface area contributed by atoms with Crippen LogP contribution in [0.5, 0.6) is 0 Å². The van der Waals surface area contributed by atoms with E-state index in [-0.39, 0.29) is 17.7 Å². The van der Waals surface area contributed by atoms with E-state index >= 15 is 0 Å². The summed E-state index contributed by atoms with van der Waals surface area (Å²) in [7, 11) is 0. The molecule has 4 rings (SSSR count). The lowest BCUT2D eigenvalue weighted by atomic mass is 9.94. The van der Waals surface area contributed by atoms with E-state index in [4.69, 9.17) is 0 Å². The maximum Gasteiger partial charge on any atom is 0.253 e. The molecule has 1 fully saturated rings. The first kappa shape index (κ1) is 22.0. The average molecular weight is 430 g/mol. The van der Waals surface area contributed by atoms with Gasteiger partial charge in [-0.15, -0.1) is 0 Å². The summed E-state index contributed by atoms with van der Waals surface area (Å²) in [6, 6.07) is 22.2. The summed E-state index contributed by atoms with van der Waals surface area (Å²) in [6.45, 7) is 5.31. The molecule has 0 atom stereocenters. The third-order valence-corrected chi connectivity index (χ3v) is 6.20. The number of nitrogens with one attached hydrogen (secondary N) is 2. The highest BCUT2D eigenvalue weighted by atomic mass is 16.2. The molecule has 2 N–H and O–H groups in total. The molecule has 0 bridgehead atoms. The van der Waals surface area contributed by atoms with Crippen molar-refractivity contribution in [1.29, 1.82) is 0 Å². The second kappa shape index (κ2) is 10.4. The topological polar surface area (TPSA) is 61.4 Å². The van der Waals surface area contributed by atoms with Crippen LogP contribution in [0.1, 0.15) is 42.1 Å². The van der Waals surface area contributed by atoms with Gasteiger partial charge in [0.15, 0.2) is 0 Å². The molecule has 1 heterocycles. The smallest absolute Gasteiger partial charge is 0.253 e. The fourth-order valence-electron chi connectivity index (χ4n) is 4.38. The van der Waals surface area contributed by atoms with E-state index in [9.17, 15) is 9.59 Å². The van der Waals surface area contributed by atoms with Crippen molar-refractivity contribution in [1.82, 2.24) is 10.2 Å². The molecule has 0 radical (unpaired) electrons. The zero-order valence-corrected chi connectivity index (χ0v) is 18.6. The summed E-state index contributed by atoms with van der Waals surface area (Å²) in [5.74, 6) is -0.177. The van der Waals surface area contributed by atoms with E-state index in [2.05, 4.69) is 58.0 Å². The Morgan fingerprint density at radius 2 is 1.66 bits per heavy atom. The van der Waals surface area contributed by atoms with Crippen LogP contribution in [0.25, 0.3) is 10.8 Å². The number of likely N-dealkylation sites (tertiary alicyclic amines) is 1. The molecule has 1 aliphatic rings. The molecule has 5 nitrogen and oxygen atoms in total. The second-order valence-corrected chi connectivity index (χ2v) is 8.48. The zero-order chi connectivity index (χ0) is 22.3. The molecule has 166 valence electrons. The van der Waals surface area contributed by atoms with Gasteiger partial charge in [0.1, 0.15) is 0 Å². The summed E-state index contributed by atoms with van der Waals surface area (Å²) >= 11 is 0. The van der Waals surface area contributed by atoms with Gasteiger partial charge >= 0.3 is 0 Å². The van der Waals surface area contributed by atoms with Gasteiger partial charge in [-0.1, -0.05) is 61.5 Å². The van der Waals surface area contributed by atoms with Crippen LogP contribution < -0.4 is 10.6 Å². The van der Waals surface area contributed by atoms with Crippen molar-refractivity contribution in [2.24, 2.45) is 5.92 Å². The van der Waals surface area contributed by atoms with E-state index < -0.39 is 0 Å². The average Bonchev–Trinajstić information content (AvgIpc) is 2.83. The van der Waals surface area contributed by atoms with Crippen LogP contribution in [0.15, 0.2) is 66.7 Å².